The first-order valence-corrected chi connectivity index (χ1v) is 8.03. The predicted octanol–water partition coefficient (Wildman–Crippen LogP) is 2.02. The molecule has 122 valence electrons. The SMILES string of the molecule is COc1ccc(CCCNC(=O)NC2CCCN(C)C2)cc1. The summed E-state index contributed by atoms with van der Waals surface area (Å²) in [5.74, 6) is 0.874. The quantitative estimate of drug-likeness (QED) is 0.791. The van der Waals surface area contributed by atoms with Gasteiger partial charge < -0.3 is 20.3 Å². The van der Waals surface area contributed by atoms with E-state index in [1.165, 1.54) is 5.56 Å². The zero-order valence-electron chi connectivity index (χ0n) is 13.6. The molecule has 1 aliphatic heterocycles. The fourth-order valence-corrected chi connectivity index (χ4v) is 2.81. The lowest BCUT2D eigenvalue weighted by atomic mass is 10.1. The Labute approximate surface area is 133 Å². The number of amides is 2. The van der Waals surface area contributed by atoms with E-state index in [0.717, 1.165) is 44.5 Å². The molecule has 22 heavy (non-hydrogen) atoms. The average molecular weight is 305 g/mol. The van der Waals surface area contributed by atoms with Crippen LogP contribution in [0.4, 0.5) is 4.79 Å². The van der Waals surface area contributed by atoms with E-state index < -0.39 is 0 Å². The van der Waals surface area contributed by atoms with E-state index in [2.05, 4.69) is 34.7 Å². The van der Waals surface area contributed by atoms with Crippen LogP contribution in [0.15, 0.2) is 24.3 Å². The van der Waals surface area contributed by atoms with Gasteiger partial charge in [0.2, 0.25) is 0 Å². The van der Waals surface area contributed by atoms with Crippen LogP contribution in [-0.2, 0) is 6.42 Å². The molecular formula is C17H27N3O2. The third kappa shape index (κ3) is 5.56. The number of hydrogen-bond donors (Lipinski definition) is 2. The van der Waals surface area contributed by atoms with Crippen molar-refractivity contribution >= 4 is 6.03 Å². The monoisotopic (exact) mass is 305 g/mol. The second-order valence-corrected chi connectivity index (χ2v) is 5.95. The number of likely N-dealkylation sites (N-methyl/N-ethyl adjacent to an activating group) is 1. The van der Waals surface area contributed by atoms with Crippen LogP contribution in [0.3, 0.4) is 0 Å². The molecule has 0 saturated carbocycles. The maximum absolute atomic E-state index is 11.9. The van der Waals surface area contributed by atoms with Gasteiger partial charge in [-0.2, -0.15) is 0 Å². The minimum atomic E-state index is -0.0463. The molecule has 5 nitrogen and oxygen atoms in total. The fourth-order valence-electron chi connectivity index (χ4n) is 2.81. The third-order valence-corrected chi connectivity index (χ3v) is 4.05. The highest BCUT2D eigenvalue weighted by atomic mass is 16.5. The average Bonchev–Trinajstić information content (AvgIpc) is 2.52. The number of aryl methyl sites for hydroxylation is 1. The van der Waals surface area contributed by atoms with Crippen molar-refractivity contribution in [2.24, 2.45) is 0 Å². The number of hydrogen-bond acceptors (Lipinski definition) is 3. The molecule has 1 heterocycles. The molecule has 5 heteroatoms. The fraction of sp³-hybridized carbons (Fsp3) is 0.588. The number of carbonyl (C=O) groups excluding carboxylic acids is 1. The van der Waals surface area contributed by atoms with Crippen LogP contribution in [0.5, 0.6) is 5.75 Å². The van der Waals surface area contributed by atoms with Gasteiger partial charge in [-0.25, -0.2) is 4.79 Å². The maximum Gasteiger partial charge on any atom is 0.315 e. The molecule has 2 rings (SSSR count). The van der Waals surface area contributed by atoms with Crippen LogP contribution in [0.2, 0.25) is 0 Å². The first-order chi connectivity index (χ1) is 10.7. The zero-order chi connectivity index (χ0) is 15.8. The Morgan fingerprint density at radius 2 is 2.14 bits per heavy atom. The second kappa shape index (κ2) is 8.63. The summed E-state index contributed by atoms with van der Waals surface area (Å²) in [4.78, 5) is 14.1. The van der Waals surface area contributed by atoms with Gasteiger partial charge in [-0.3, -0.25) is 0 Å². The number of piperidine rings is 1. The zero-order valence-corrected chi connectivity index (χ0v) is 13.6. The summed E-state index contributed by atoms with van der Waals surface area (Å²) in [6, 6.07) is 8.30. The van der Waals surface area contributed by atoms with E-state index >= 15 is 0 Å². The number of benzene rings is 1. The Kier molecular flexibility index (Phi) is 6.52. The number of likely N-dealkylation sites (tertiary alicyclic amines) is 1. The van der Waals surface area contributed by atoms with Gasteiger partial charge in [-0.1, -0.05) is 12.1 Å². The molecule has 1 saturated heterocycles. The van der Waals surface area contributed by atoms with Gasteiger partial charge in [0.05, 0.1) is 7.11 Å². The summed E-state index contributed by atoms with van der Waals surface area (Å²) in [5.41, 5.74) is 1.26. The van der Waals surface area contributed by atoms with Crippen LogP contribution < -0.4 is 15.4 Å². The van der Waals surface area contributed by atoms with Crippen LogP contribution in [0.1, 0.15) is 24.8 Å². The third-order valence-electron chi connectivity index (χ3n) is 4.05. The number of carbonyl (C=O) groups is 1. The van der Waals surface area contributed by atoms with Gasteiger partial charge in [0.25, 0.3) is 0 Å². The Morgan fingerprint density at radius 1 is 1.36 bits per heavy atom. The lowest BCUT2D eigenvalue weighted by Gasteiger charge is -2.30. The molecule has 1 fully saturated rings. The second-order valence-electron chi connectivity index (χ2n) is 5.95. The maximum atomic E-state index is 11.9. The molecule has 2 amide bonds. The molecule has 1 aliphatic rings. The molecule has 0 radical (unpaired) electrons. The van der Waals surface area contributed by atoms with E-state index in [4.69, 9.17) is 4.74 Å². The molecule has 1 aromatic rings. The van der Waals surface area contributed by atoms with Crippen LogP contribution >= 0.6 is 0 Å². The molecule has 0 spiro atoms. The van der Waals surface area contributed by atoms with E-state index in [0.29, 0.717) is 6.54 Å². The number of nitrogens with zero attached hydrogens (tertiary/aromatic N) is 1. The summed E-state index contributed by atoms with van der Waals surface area (Å²) in [6.45, 7) is 2.77. The number of nitrogens with one attached hydrogen (secondary N) is 2. The van der Waals surface area contributed by atoms with Crippen molar-refractivity contribution in [3.05, 3.63) is 29.8 Å². The largest absolute Gasteiger partial charge is 0.497 e. The molecule has 1 atom stereocenters. The standard InChI is InChI=1S/C17H27N3O2/c1-20-12-4-6-15(13-20)19-17(21)18-11-3-5-14-7-9-16(22-2)10-8-14/h7-10,15H,3-6,11-13H2,1-2H3,(H2,18,19,21). The number of rotatable bonds is 6. The van der Waals surface area contributed by atoms with Gasteiger partial charge >= 0.3 is 6.03 Å². The summed E-state index contributed by atoms with van der Waals surface area (Å²) in [6.07, 6.45) is 4.11. The van der Waals surface area contributed by atoms with Crippen molar-refractivity contribution in [2.45, 2.75) is 31.7 Å². The molecule has 0 bridgehead atoms. The summed E-state index contributed by atoms with van der Waals surface area (Å²) >= 11 is 0. The molecular weight excluding hydrogens is 278 g/mol. The minimum Gasteiger partial charge on any atom is -0.497 e. The normalized spacial score (nSPS) is 18.7. The summed E-state index contributed by atoms with van der Waals surface area (Å²) < 4.78 is 5.14. The summed E-state index contributed by atoms with van der Waals surface area (Å²) in [7, 11) is 3.77. The first kappa shape index (κ1) is 16.6. The smallest absolute Gasteiger partial charge is 0.315 e. The van der Waals surface area contributed by atoms with Crippen LogP contribution in [0.25, 0.3) is 0 Å². The lowest BCUT2D eigenvalue weighted by molar-refractivity contribution is 0.209. The number of ether oxygens (including phenoxy) is 1. The Hall–Kier alpha value is -1.75. The van der Waals surface area contributed by atoms with Crippen molar-refractivity contribution in [3.63, 3.8) is 0 Å². The van der Waals surface area contributed by atoms with E-state index in [9.17, 15) is 4.79 Å². The van der Waals surface area contributed by atoms with E-state index in [1.807, 2.05) is 12.1 Å². The Morgan fingerprint density at radius 3 is 2.82 bits per heavy atom. The van der Waals surface area contributed by atoms with Gasteiger partial charge in [0.15, 0.2) is 0 Å². The van der Waals surface area contributed by atoms with E-state index in [-0.39, 0.29) is 12.1 Å². The van der Waals surface area contributed by atoms with Crippen molar-refractivity contribution in [2.75, 3.05) is 33.8 Å². The molecule has 1 unspecified atom stereocenters. The highest BCUT2D eigenvalue weighted by Gasteiger charge is 2.18. The van der Waals surface area contributed by atoms with Gasteiger partial charge in [0.1, 0.15) is 5.75 Å². The molecule has 0 aliphatic carbocycles. The Bertz CT molecular complexity index is 461. The van der Waals surface area contributed by atoms with Gasteiger partial charge in [-0.05, 0) is 57.0 Å². The summed E-state index contributed by atoms with van der Waals surface area (Å²) in [5, 5.41) is 6.00. The van der Waals surface area contributed by atoms with Crippen molar-refractivity contribution in [1.29, 1.82) is 0 Å². The number of urea groups is 1. The van der Waals surface area contributed by atoms with Crippen LogP contribution in [0, 0.1) is 0 Å². The van der Waals surface area contributed by atoms with E-state index in [1.54, 1.807) is 7.11 Å². The number of methoxy groups -OCH3 is 1. The molecule has 2 N–H and O–H groups in total. The Balaban J connectivity index is 1.60. The first-order valence-electron chi connectivity index (χ1n) is 8.03. The van der Waals surface area contributed by atoms with Crippen molar-refractivity contribution < 1.29 is 9.53 Å². The molecule has 0 aromatic heterocycles. The lowest BCUT2D eigenvalue weighted by Crippen LogP contribution is -2.49. The highest BCUT2D eigenvalue weighted by molar-refractivity contribution is 5.74. The van der Waals surface area contributed by atoms with Gasteiger partial charge in [-0.15, -0.1) is 0 Å². The predicted molar refractivity (Wildman–Crippen MR) is 88.4 cm³/mol. The highest BCUT2D eigenvalue weighted by Crippen LogP contribution is 2.12. The van der Waals surface area contributed by atoms with Crippen molar-refractivity contribution in [3.8, 4) is 5.75 Å². The van der Waals surface area contributed by atoms with Crippen molar-refractivity contribution in [1.82, 2.24) is 15.5 Å². The minimum absolute atomic E-state index is 0.0463. The van der Waals surface area contributed by atoms with Crippen LogP contribution in [-0.4, -0.2) is 50.8 Å². The van der Waals surface area contributed by atoms with Gasteiger partial charge in [0, 0.05) is 19.1 Å². The topological polar surface area (TPSA) is 53.6 Å². The molecule has 1 aromatic carbocycles.